The first kappa shape index (κ1) is 14.2. The third kappa shape index (κ3) is 2.98. The predicted octanol–water partition coefficient (Wildman–Crippen LogP) is 2.53. The normalized spacial score (nSPS) is 18.5. The van der Waals surface area contributed by atoms with Gasteiger partial charge in [0.2, 0.25) is 17.7 Å². The molecule has 0 bridgehead atoms. The van der Waals surface area contributed by atoms with Gasteiger partial charge >= 0.3 is 0 Å². The molecule has 0 radical (unpaired) electrons. The molecule has 1 aliphatic rings. The Balaban J connectivity index is 1.66. The Labute approximate surface area is 131 Å². The van der Waals surface area contributed by atoms with E-state index in [1.165, 1.54) is 11.8 Å². The van der Waals surface area contributed by atoms with Crippen LogP contribution in [-0.2, 0) is 11.2 Å². The Hall–Kier alpha value is -1.73. The summed E-state index contributed by atoms with van der Waals surface area (Å²) in [6.07, 6.45) is 0.499. The molecule has 1 saturated heterocycles. The van der Waals surface area contributed by atoms with Gasteiger partial charge in [0.15, 0.2) is 0 Å². The van der Waals surface area contributed by atoms with Crippen molar-refractivity contribution in [2.75, 3.05) is 6.54 Å². The zero-order valence-electron chi connectivity index (χ0n) is 11.4. The number of thiocarbonyl (C=S) groups is 1. The lowest BCUT2D eigenvalue weighted by atomic mass is 10.2. The van der Waals surface area contributed by atoms with Crippen molar-refractivity contribution in [2.24, 2.45) is 0 Å². The zero-order chi connectivity index (χ0) is 14.8. The third-order valence-electron chi connectivity index (χ3n) is 3.15. The minimum absolute atomic E-state index is 0.0489. The van der Waals surface area contributed by atoms with Gasteiger partial charge in [0, 0.05) is 18.5 Å². The highest BCUT2D eigenvalue weighted by molar-refractivity contribution is 8.24. The highest BCUT2D eigenvalue weighted by Crippen LogP contribution is 2.27. The van der Waals surface area contributed by atoms with Crippen LogP contribution in [0.5, 0.6) is 0 Å². The van der Waals surface area contributed by atoms with Gasteiger partial charge in [-0.05, 0) is 19.1 Å². The third-order valence-corrected chi connectivity index (χ3v) is 4.63. The first-order valence-electron chi connectivity index (χ1n) is 6.55. The Morgan fingerprint density at radius 2 is 2.10 bits per heavy atom. The van der Waals surface area contributed by atoms with Crippen molar-refractivity contribution >= 4 is 34.2 Å². The molecule has 1 atom stereocenters. The van der Waals surface area contributed by atoms with Crippen molar-refractivity contribution in [3.05, 3.63) is 36.2 Å². The molecular formula is C14H13N3O2S2. The van der Waals surface area contributed by atoms with E-state index in [4.69, 9.17) is 16.6 Å². The van der Waals surface area contributed by atoms with E-state index in [0.717, 1.165) is 5.56 Å². The second-order valence-electron chi connectivity index (χ2n) is 4.63. The number of hydrogen-bond donors (Lipinski definition) is 0. The smallest absolute Gasteiger partial charge is 0.247 e. The summed E-state index contributed by atoms with van der Waals surface area (Å²) in [6, 6.07) is 9.58. The van der Waals surface area contributed by atoms with E-state index in [0.29, 0.717) is 29.1 Å². The summed E-state index contributed by atoms with van der Waals surface area (Å²) < 4.78 is 6.24. The first-order valence-corrected chi connectivity index (χ1v) is 7.84. The van der Waals surface area contributed by atoms with E-state index in [1.807, 2.05) is 37.3 Å². The standard InChI is InChI=1S/C14H13N3O2S2/c1-9-13(18)17(14(20)21-9)8-7-11-15-16-12(19-11)10-5-3-2-4-6-10/h2-6,9H,7-8H2,1H3. The summed E-state index contributed by atoms with van der Waals surface area (Å²) in [4.78, 5) is 13.5. The zero-order valence-corrected chi connectivity index (χ0v) is 13.0. The van der Waals surface area contributed by atoms with Gasteiger partial charge in [-0.25, -0.2) is 0 Å². The van der Waals surface area contributed by atoms with Gasteiger partial charge in [-0.2, -0.15) is 0 Å². The number of hydrogen-bond acceptors (Lipinski definition) is 6. The molecule has 0 saturated carbocycles. The van der Waals surface area contributed by atoms with Gasteiger partial charge in [0.25, 0.3) is 0 Å². The number of thioether (sulfide) groups is 1. The van der Waals surface area contributed by atoms with Crippen molar-refractivity contribution in [3.63, 3.8) is 0 Å². The van der Waals surface area contributed by atoms with Crippen LogP contribution < -0.4 is 0 Å². The van der Waals surface area contributed by atoms with Gasteiger partial charge < -0.3 is 4.42 Å². The Bertz CT molecular complexity index is 672. The second kappa shape index (κ2) is 5.95. The highest BCUT2D eigenvalue weighted by atomic mass is 32.2. The Kier molecular flexibility index (Phi) is 4.03. The quantitative estimate of drug-likeness (QED) is 0.807. The topological polar surface area (TPSA) is 59.2 Å². The Morgan fingerprint density at radius 1 is 1.33 bits per heavy atom. The van der Waals surface area contributed by atoms with Crippen molar-refractivity contribution < 1.29 is 9.21 Å². The molecule has 0 aliphatic carbocycles. The van der Waals surface area contributed by atoms with Crippen molar-refractivity contribution in [1.29, 1.82) is 0 Å². The molecular weight excluding hydrogens is 306 g/mol. The average Bonchev–Trinajstić information content (AvgIpc) is 3.05. The molecule has 5 nitrogen and oxygen atoms in total. The number of rotatable bonds is 4. The lowest BCUT2D eigenvalue weighted by molar-refractivity contribution is -0.125. The monoisotopic (exact) mass is 319 g/mol. The van der Waals surface area contributed by atoms with Crippen molar-refractivity contribution in [2.45, 2.75) is 18.6 Å². The van der Waals surface area contributed by atoms with Gasteiger partial charge in [-0.3, -0.25) is 9.69 Å². The van der Waals surface area contributed by atoms with E-state index in [9.17, 15) is 4.79 Å². The molecule has 3 rings (SSSR count). The van der Waals surface area contributed by atoms with E-state index < -0.39 is 0 Å². The molecule has 21 heavy (non-hydrogen) atoms. The van der Waals surface area contributed by atoms with Crippen LogP contribution in [0.2, 0.25) is 0 Å². The van der Waals surface area contributed by atoms with Crippen LogP contribution in [0.25, 0.3) is 11.5 Å². The molecule has 1 fully saturated rings. The molecule has 2 heterocycles. The maximum atomic E-state index is 11.9. The van der Waals surface area contributed by atoms with Crippen molar-refractivity contribution in [1.82, 2.24) is 15.1 Å². The molecule has 1 aromatic carbocycles. The number of carbonyl (C=O) groups is 1. The minimum atomic E-state index is -0.0972. The lowest BCUT2D eigenvalue weighted by Gasteiger charge is -2.13. The number of aromatic nitrogens is 2. The fraction of sp³-hybridized carbons (Fsp3) is 0.286. The van der Waals surface area contributed by atoms with Crippen LogP contribution in [0.4, 0.5) is 0 Å². The number of carbonyl (C=O) groups excluding carboxylic acids is 1. The number of nitrogens with zero attached hydrogens (tertiary/aromatic N) is 3. The fourth-order valence-corrected chi connectivity index (χ4v) is 3.49. The lowest BCUT2D eigenvalue weighted by Crippen LogP contribution is -2.32. The highest BCUT2D eigenvalue weighted by Gasteiger charge is 2.33. The second-order valence-corrected chi connectivity index (χ2v) is 6.61. The molecule has 1 aliphatic heterocycles. The van der Waals surface area contributed by atoms with Crippen molar-refractivity contribution in [3.8, 4) is 11.5 Å². The summed E-state index contributed by atoms with van der Waals surface area (Å²) in [6.45, 7) is 2.34. The predicted molar refractivity (Wildman–Crippen MR) is 84.8 cm³/mol. The summed E-state index contributed by atoms with van der Waals surface area (Å²) >= 11 is 6.61. The number of amides is 1. The minimum Gasteiger partial charge on any atom is -0.421 e. The van der Waals surface area contributed by atoms with Gasteiger partial charge in [0.05, 0.1) is 5.25 Å². The van der Waals surface area contributed by atoms with Crippen LogP contribution in [-0.4, -0.2) is 37.1 Å². The van der Waals surface area contributed by atoms with Crippen LogP contribution in [0.1, 0.15) is 12.8 Å². The maximum Gasteiger partial charge on any atom is 0.247 e. The molecule has 0 N–H and O–H groups in total. The summed E-state index contributed by atoms with van der Waals surface area (Å²) in [5.74, 6) is 1.05. The molecule has 108 valence electrons. The van der Waals surface area contributed by atoms with Gasteiger partial charge in [-0.1, -0.05) is 42.2 Å². The van der Waals surface area contributed by atoms with E-state index >= 15 is 0 Å². The van der Waals surface area contributed by atoms with Gasteiger partial charge in [0.1, 0.15) is 4.32 Å². The fourth-order valence-electron chi connectivity index (χ4n) is 2.04. The molecule has 0 spiro atoms. The molecule has 1 amide bonds. The average molecular weight is 319 g/mol. The van der Waals surface area contributed by atoms with Crippen LogP contribution in [0, 0.1) is 0 Å². The first-order chi connectivity index (χ1) is 10.1. The maximum absolute atomic E-state index is 11.9. The summed E-state index contributed by atoms with van der Waals surface area (Å²) in [5, 5.41) is 7.95. The van der Waals surface area contributed by atoms with Crippen LogP contribution >= 0.6 is 24.0 Å². The van der Waals surface area contributed by atoms with E-state index in [2.05, 4.69) is 10.2 Å². The summed E-state index contributed by atoms with van der Waals surface area (Å²) in [7, 11) is 0. The van der Waals surface area contributed by atoms with E-state index in [-0.39, 0.29) is 11.2 Å². The largest absolute Gasteiger partial charge is 0.421 e. The molecule has 2 aromatic rings. The SMILES string of the molecule is CC1SC(=S)N(CCc2nnc(-c3ccccc3)o2)C1=O. The van der Waals surface area contributed by atoms with Crippen LogP contribution in [0.15, 0.2) is 34.7 Å². The van der Waals surface area contributed by atoms with E-state index in [1.54, 1.807) is 4.90 Å². The Morgan fingerprint density at radius 3 is 2.76 bits per heavy atom. The molecule has 7 heteroatoms. The molecule has 1 unspecified atom stereocenters. The summed E-state index contributed by atoms with van der Waals surface area (Å²) in [5.41, 5.74) is 0.883. The molecule has 1 aromatic heterocycles. The number of benzene rings is 1. The van der Waals surface area contributed by atoms with Gasteiger partial charge in [-0.15, -0.1) is 10.2 Å². The van der Waals surface area contributed by atoms with Crippen LogP contribution in [0.3, 0.4) is 0 Å².